The summed E-state index contributed by atoms with van der Waals surface area (Å²) in [4.78, 5) is 17.7. The number of ether oxygens (including phenoxy) is 1. The van der Waals surface area contributed by atoms with Gasteiger partial charge in [0.1, 0.15) is 11.4 Å². The van der Waals surface area contributed by atoms with Crippen LogP contribution in [0.3, 0.4) is 0 Å². The van der Waals surface area contributed by atoms with E-state index in [9.17, 15) is 4.79 Å². The van der Waals surface area contributed by atoms with Gasteiger partial charge in [-0.1, -0.05) is 11.6 Å². The molecule has 1 N–H and O–H groups in total. The van der Waals surface area contributed by atoms with Crippen LogP contribution in [0.25, 0.3) is 10.8 Å². The predicted molar refractivity (Wildman–Crippen MR) is 90.5 cm³/mol. The SMILES string of the molecule is COc1ccc(Cl)cc1NC(=O)c1nc(-c2ccco2)sc1C. The highest BCUT2D eigenvalue weighted by atomic mass is 35.5. The van der Waals surface area contributed by atoms with Gasteiger partial charge in [-0.05, 0) is 37.3 Å². The van der Waals surface area contributed by atoms with E-state index in [1.54, 1.807) is 36.6 Å². The summed E-state index contributed by atoms with van der Waals surface area (Å²) in [7, 11) is 1.53. The number of halogens is 1. The Labute approximate surface area is 141 Å². The zero-order chi connectivity index (χ0) is 16.4. The summed E-state index contributed by atoms with van der Waals surface area (Å²) in [6.07, 6.45) is 1.57. The number of carbonyl (C=O) groups is 1. The lowest BCUT2D eigenvalue weighted by molar-refractivity contribution is 0.102. The van der Waals surface area contributed by atoms with Crippen LogP contribution in [0.4, 0.5) is 5.69 Å². The first-order chi connectivity index (χ1) is 11.1. The molecule has 0 radical (unpaired) electrons. The average Bonchev–Trinajstić information content (AvgIpc) is 3.16. The molecule has 1 amide bonds. The topological polar surface area (TPSA) is 64.4 Å². The van der Waals surface area contributed by atoms with Gasteiger partial charge in [-0.25, -0.2) is 4.98 Å². The second kappa shape index (κ2) is 6.44. The minimum absolute atomic E-state index is 0.322. The van der Waals surface area contributed by atoms with Crippen molar-refractivity contribution in [3.8, 4) is 16.5 Å². The number of nitrogens with one attached hydrogen (secondary N) is 1. The van der Waals surface area contributed by atoms with Gasteiger partial charge < -0.3 is 14.5 Å². The molecule has 3 rings (SSSR count). The molecule has 1 aromatic carbocycles. The zero-order valence-electron chi connectivity index (χ0n) is 12.4. The Hall–Kier alpha value is -2.31. The third-order valence-electron chi connectivity index (χ3n) is 3.15. The normalized spacial score (nSPS) is 10.6. The van der Waals surface area contributed by atoms with Crippen LogP contribution in [0.15, 0.2) is 41.0 Å². The van der Waals surface area contributed by atoms with Gasteiger partial charge in [0.05, 0.1) is 19.1 Å². The van der Waals surface area contributed by atoms with Crippen LogP contribution < -0.4 is 10.1 Å². The van der Waals surface area contributed by atoms with Gasteiger partial charge in [0.2, 0.25) is 0 Å². The Balaban J connectivity index is 1.88. The lowest BCUT2D eigenvalue weighted by atomic mass is 10.2. The molecule has 0 bridgehead atoms. The van der Waals surface area contributed by atoms with Crippen molar-refractivity contribution in [2.45, 2.75) is 6.92 Å². The standard InChI is InChI=1S/C16H13ClN2O3S/c1-9-14(19-16(23-9)13-4-3-7-22-13)15(20)18-11-8-10(17)5-6-12(11)21-2/h3-8H,1-2H3,(H,18,20). The minimum Gasteiger partial charge on any atom is -0.495 e. The van der Waals surface area contributed by atoms with Gasteiger partial charge in [-0.15, -0.1) is 11.3 Å². The van der Waals surface area contributed by atoms with Crippen LogP contribution in [0.2, 0.25) is 5.02 Å². The van der Waals surface area contributed by atoms with E-state index in [1.807, 2.05) is 6.92 Å². The summed E-state index contributed by atoms with van der Waals surface area (Å²) in [5, 5.41) is 3.95. The molecule has 0 saturated heterocycles. The van der Waals surface area contributed by atoms with E-state index in [4.69, 9.17) is 20.8 Å². The molecule has 0 fully saturated rings. The first-order valence-corrected chi connectivity index (χ1v) is 7.94. The molecular formula is C16H13ClN2O3S. The van der Waals surface area contributed by atoms with Crippen molar-refractivity contribution in [1.82, 2.24) is 4.98 Å². The quantitative estimate of drug-likeness (QED) is 0.746. The molecular weight excluding hydrogens is 336 g/mol. The molecule has 7 heteroatoms. The lowest BCUT2D eigenvalue weighted by Gasteiger charge is -2.09. The van der Waals surface area contributed by atoms with Gasteiger partial charge in [0.15, 0.2) is 10.8 Å². The van der Waals surface area contributed by atoms with Gasteiger partial charge in [0.25, 0.3) is 5.91 Å². The van der Waals surface area contributed by atoms with E-state index in [1.165, 1.54) is 18.4 Å². The molecule has 0 saturated carbocycles. The van der Waals surface area contributed by atoms with Gasteiger partial charge in [-0.2, -0.15) is 0 Å². The Morgan fingerprint density at radius 1 is 1.39 bits per heavy atom. The number of hydrogen-bond acceptors (Lipinski definition) is 5. The summed E-state index contributed by atoms with van der Waals surface area (Å²) in [6, 6.07) is 8.61. The van der Waals surface area contributed by atoms with E-state index in [-0.39, 0.29) is 5.91 Å². The van der Waals surface area contributed by atoms with Crippen molar-refractivity contribution in [3.05, 3.63) is 52.2 Å². The van der Waals surface area contributed by atoms with Crippen molar-refractivity contribution in [2.24, 2.45) is 0 Å². The molecule has 118 valence electrons. The fourth-order valence-electron chi connectivity index (χ4n) is 2.07. The number of furan rings is 1. The van der Waals surface area contributed by atoms with Crippen LogP contribution in [-0.2, 0) is 0 Å². The van der Waals surface area contributed by atoms with Crippen LogP contribution in [0, 0.1) is 6.92 Å². The second-order valence-corrected chi connectivity index (χ2v) is 6.34. The number of aromatic nitrogens is 1. The summed E-state index contributed by atoms with van der Waals surface area (Å²) < 4.78 is 10.5. The maximum atomic E-state index is 12.5. The van der Waals surface area contributed by atoms with E-state index in [0.29, 0.717) is 32.9 Å². The fourth-order valence-corrected chi connectivity index (χ4v) is 3.12. The van der Waals surface area contributed by atoms with Crippen LogP contribution in [-0.4, -0.2) is 18.0 Å². The van der Waals surface area contributed by atoms with E-state index in [2.05, 4.69) is 10.3 Å². The number of aryl methyl sites for hydroxylation is 1. The minimum atomic E-state index is -0.322. The van der Waals surface area contributed by atoms with E-state index >= 15 is 0 Å². The van der Waals surface area contributed by atoms with Crippen LogP contribution in [0.5, 0.6) is 5.75 Å². The zero-order valence-corrected chi connectivity index (χ0v) is 14.0. The molecule has 2 heterocycles. The maximum Gasteiger partial charge on any atom is 0.275 e. The molecule has 2 aromatic heterocycles. The maximum absolute atomic E-state index is 12.5. The summed E-state index contributed by atoms with van der Waals surface area (Å²) >= 11 is 7.37. The third-order valence-corrected chi connectivity index (χ3v) is 4.37. The largest absolute Gasteiger partial charge is 0.495 e. The van der Waals surface area contributed by atoms with Crippen molar-refractivity contribution in [2.75, 3.05) is 12.4 Å². The molecule has 0 spiro atoms. The van der Waals surface area contributed by atoms with Gasteiger partial charge in [0, 0.05) is 9.90 Å². The molecule has 5 nitrogen and oxygen atoms in total. The van der Waals surface area contributed by atoms with E-state index < -0.39 is 0 Å². The average molecular weight is 349 g/mol. The number of carbonyl (C=O) groups excluding carboxylic acids is 1. The predicted octanol–water partition coefficient (Wildman–Crippen LogP) is 4.63. The summed E-state index contributed by atoms with van der Waals surface area (Å²) in [5.41, 5.74) is 0.848. The van der Waals surface area contributed by atoms with Crippen LogP contribution >= 0.6 is 22.9 Å². The first-order valence-electron chi connectivity index (χ1n) is 6.74. The number of rotatable bonds is 4. The smallest absolute Gasteiger partial charge is 0.275 e. The molecule has 0 atom stereocenters. The van der Waals surface area contributed by atoms with Crippen molar-refractivity contribution in [1.29, 1.82) is 0 Å². The number of thiazole rings is 1. The fraction of sp³-hybridized carbons (Fsp3) is 0.125. The summed E-state index contributed by atoms with van der Waals surface area (Å²) in [6.45, 7) is 1.84. The van der Waals surface area contributed by atoms with Crippen molar-refractivity contribution >= 4 is 34.5 Å². The van der Waals surface area contributed by atoms with Gasteiger partial charge >= 0.3 is 0 Å². The number of anilines is 1. The van der Waals surface area contributed by atoms with Crippen molar-refractivity contribution < 1.29 is 13.9 Å². The highest BCUT2D eigenvalue weighted by Gasteiger charge is 2.19. The lowest BCUT2D eigenvalue weighted by Crippen LogP contribution is -2.14. The molecule has 0 unspecified atom stereocenters. The van der Waals surface area contributed by atoms with Gasteiger partial charge in [-0.3, -0.25) is 4.79 Å². The number of nitrogens with zero attached hydrogens (tertiary/aromatic N) is 1. The first kappa shape index (κ1) is 15.6. The van der Waals surface area contributed by atoms with Crippen molar-refractivity contribution in [3.63, 3.8) is 0 Å². The third kappa shape index (κ3) is 3.23. The Bertz CT molecular complexity index is 843. The molecule has 0 aliphatic heterocycles. The molecule has 23 heavy (non-hydrogen) atoms. The second-order valence-electron chi connectivity index (χ2n) is 4.70. The molecule has 0 aliphatic rings. The Morgan fingerprint density at radius 3 is 2.91 bits per heavy atom. The van der Waals surface area contributed by atoms with E-state index in [0.717, 1.165) is 4.88 Å². The number of benzene rings is 1. The molecule has 0 aliphatic carbocycles. The van der Waals surface area contributed by atoms with Crippen LogP contribution in [0.1, 0.15) is 15.4 Å². The Morgan fingerprint density at radius 2 is 2.22 bits per heavy atom. The molecule has 3 aromatic rings. The highest BCUT2D eigenvalue weighted by Crippen LogP contribution is 2.31. The Kier molecular flexibility index (Phi) is 4.36. The number of hydrogen-bond donors (Lipinski definition) is 1. The number of amides is 1. The summed E-state index contributed by atoms with van der Waals surface area (Å²) in [5.74, 6) is 0.844. The monoisotopic (exact) mass is 348 g/mol. The highest BCUT2D eigenvalue weighted by molar-refractivity contribution is 7.15. The number of methoxy groups -OCH3 is 1.